The highest BCUT2D eigenvalue weighted by Crippen LogP contribution is 2.34. The Morgan fingerprint density at radius 1 is 1.29 bits per heavy atom. The first-order valence-corrected chi connectivity index (χ1v) is 5.23. The molecule has 7 heteroatoms. The van der Waals surface area contributed by atoms with Gasteiger partial charge in [0.15, 0.2) is 0 Å². The predicted octanol–water partition coefficient (Wildman–Crippen LogP) is 1.78. The first-order chi connectivity index (χ1) is 7.50. The average molecular weight is 255 g/mol. The van der Waals surface area contributed by atoms with Gasteiger partial charge in [0.05, 0.1) is 12.6 Å². The highest BCUT2D eigenvalue weighted by atomic mass is 19.4. The normalized spacial score (nSPS) is 26.2. The molecule has 0 unspecified atom stereocenters. The Morgan fingerprint density at radius 2 is 1.82 bits per heavy atom. The number of ether oxygens (including phenoxy) is 1. The molecule has 1 rings (SSSR count). The Morgan fingerprint density at radius 3 is 2.18 bits per heavy atom. The quantitative estimate of drug-likeness (QED) is 0.717. The van der Waals surface area contributed by atoms with Crippen LogP contribution in [0.15, 0.2) is 0 Å². The lowest BCUT2D eigenvalue weighted by Gasteiger charge is -2.24. The SMILES string of the molecule is CC(C)(C)OC(=O)N1C[C@@H](O)[C@H](C(F)(F)F)C1. The molecule has 1 heterocycles. The third-order valence-corrected chi connectivity index (χ3v) is 2.36. The van der Waals surface area contributed by atoms with Crippen LogP contribution in [0.1, 0.15) is 20.8 Å². The summed E-state index contributed by atoms with van der Waals surface area (Å²) in [6.07, 6.45) is -6.92. The molecular weight excluding hydrogens is 239 g/mol. The van der Waals surface area contributed by atoms with Gasteiger partial charge in [-0.3, -0.25) is 0 Å². The van der Waals surface area contributed by atoms with Crippen LogP contribution in [0.3, 0.4) is 0 Å². The monoisotopic (exact) mass is 255 g/mol. The topological polar surface area (TPSA) is 49.8 Å². The molecule has 4 nitrogen and oxygen atoms in total. The van der Waals surface area contributed by atoms with Crippen LogP contribution in [0, 0.1) is 5.92 Å². The molecule has 0 saturated carbocycles. The van der Waals surface area contributed by atoms with Crippen molar-refractivity contribution in [2.75, 3.05) is 13.1 Å². The van der Waals surface area contributed by atoms with Crippen LogP contribution >= 0.6 is 0 Å². The second-order valence-corrected chi connectivity index (χ2v) is 5.10. The van der Waals surface area contributed by atoms with Crippen molar-refractivity contribution in [2.45, 2.75) is 38.7 Å². The van der Waals surface area contributed by atoms with Gasteiger partial charge in [-0.1, -0.05) is 0 Å². The van der Waals surface area contributed by atoms with Crippen molar-refractivity contribution in [2.24, 2.45) is 5.92 Å². The fourth-order valence-corrected chi connectivity index (χ4v) is 1.58. The Labute approximate surface area is 97.3 Å². The molecule has 0 aromatic heterocycles. The minimum atomic E-state index is -4.50. The lowest BCUT2D eigenvalue weighted by molar-refractivity contribution is -0.188. The molecule has 1 amide bonds. The number of hydrogen-bond acceptors (Lipinski definition) is 3. The highest BCUT2D eigenvalue weighted by Gasteiger charge is 2.50. The van der Waals surface area contributed by atoms with Crippen LogP contribution in [-0.2, 0) is 4.74 Å². The van der Waals surface area contributed by atoms with Gasteiger partial charge in [-0.05, 0) is 20.8 Å². The Kier molecular flexibility index (Phi) is 3.61. The van der Waals surface area contributed by atoms with Crippen LogP contribution < -0.4 is 0 Å². The summed E-state index contributed by atoms with van der Waals surface area (Å²) in [6, 6.07) is 0. The molecule has 100 valence electrons. The number of alkyl halides is 3. The van der Waals surface area contributed by atoms with Crippen molar-refractivity contribution in [1.29, 1.82) is 0 Å². The lowest BCUT2D eigenvalue weighted by atomic mass is 10.1. The van der Waals surface area contributed by atoms with E-state index in [9.17, 15) is 23.1 Å². The molecule has 1 N–H and O–H groups in total. The molecule has 0 aliphatic carbocycles. The van der Waals surface area contributed by atoms with Crippen LogP contribution in [0.25, 0.3) is 0 Å². The van der Waals surface area contributed by atoms with Crippen LogP contribution in [-0.4, -0.2) is 47.1 Å². The summed E-state index contributed by atoms with van der Waals surface area (Å²) in [7, 11) is 0. The van der Waals surface area contributed by atoms with E-state index in [4.69, 9.17) is 4.74 Å². The summed E-state index contributed by atoms with van der Waals surface area (Å²) in [5.41, 5.74) is -0.766. The van der Waals surface area contributed by atoms with Crippen molar-refractivity contribution in [3.8, 4) is 0 Å². The van der Waals surface area contributed by atoms with Crippen molar-refractivity contribution in [3.63, 3.8) is 0 Å². The number of carbonyl (C=O) groups is 1. The summed E-state index contributed by atoms with van der Waals surface area (Å²) >= 11 is 0. The van der Waals surface area contributed by atoms with Crippen LogP contribution in [0.4, 0.5) is 18.0 Å². The predicted molar refractivity (Wildman–Crippen MR) is 53.4 cm³/mol. The number of β-amino-alcohol motifs (C(OH)–C–C–N with tert-alkyl or cyclic N) is 1. The number of carbonyl (C=O) groups excluding carboxylic acids is 1. The Hall–Kier alpha value is -0.980. The number of nitrogens with zero attached hydrogens (tertiary/aromatic N) is 1. The molecule has 0 aromatic carbocycles. The second kappa shape index (κ2) is 4.36. The average Bonchev–Trinajstić information content (AvgIpc) is 2.42. The molecule has 1 saturated heterocycles. The van der Waals surface area contributed by atoms with E-state index in [0.29, 0.717) is 0 Å². The largest absolute Gasteiger partial charge is 0.444 e. The molecule has 17 heavy (non-hydrogen) atoms. The lowest BCUT2D eigenvalue weighted by Crippen LogP contribution is -2.36. The van der Waals surface area contributed by atoms with Gasteiger partial charge >= 0.3 is 12.3 Å². The maximum atomic E-state index is 12.4. The number of rotatable bonds is 0. The van der Waals surface area contributed by atoms with Crippen LogP contribution in [0.2, 0.25) is 0 Å². The second-order valence-electron chi connectivity index (χ2n) is 5.10. The molecular formula is C10H16F3NO3. The third-order valence-electron chi connectivity index (χ3n) is 2.36. The van der Waals surface area contributed by atoms with E-state index in [0.717, 1.165) is 4.90 Å². The van der Waals surface area contributed by atoms with E-state index in [-0.39, 0.29) is 6.54 Å². The summed E-state index contributed by atoms with van der Waals surface area (Å²) in [6.45, 7) is 3.97. The van der Waals surface area contributed by atoms with Crippen LogP contribution in [0.5, 0.6) is 0 Å². The molecule has 0 aromatic rings. The van der Waals surface area contributed by atoms with Gasteiger partial charge in [0.2, 0.25) is 0 Å². The number of aliphatic hydroxyl groups is 1. The molecule has 0 bridgehead atoms. The molecule has 0 radical (unpaired) electrons. The van der Waals surface area contributed by atoms with Crippen molar-refractivity contribution < 1.29 is 27.8 Å². The zero-order valence-corrected chi connectivity index (χ0v) is 9.91. The molecule has 2 atom stereocenters. The smallest absolute Gasteiger partial charge is 0.410 e. The van der Waals surface area contributed by atoms with Gasteiger partial charge in [0.25, 0.3) is 0 Å². The van der Waals surface area contributed by atoms with Gasteiger partial charge in [0.1, 0.15) is 11.5 Å². The Balaban J connectivity index is 2.63. The summed E-state index contributed by atoms with van der Waals surface area (Å²) < 4.78 is 42.3. The van der Waals surface area contributed by atoms with Crippen molar-refractivity contribution in [1.82, 2.24) is 4.90 Å². The van der Waals surface area contributed by atoms with E-state index in [1.807, 2.05) is 0 Å². The third kappa shape index (κ3) is 3.76. The minimum Gasteiger partial charge on any atom is -0.444 e. The Bertz CT molecular complexity index is 298. The minimum absolute atomic E-state index is 0.348. The summed E-state index contributed by atoms with van der Waals surface area (Å²) in [5, 5.41) is 9.27. The molecule has 1 aliphatic heterocycles. The van der Waals surface area contributed by atoms with Gasteiger partial charge in [-0.15, -0.1) is 0 Å². The molecule has 1 aliphatic rings. The zero-order valence-electron chi connectivity index (χ0n) is 9.91. The molecule has 0 spiro atoms. The van der Waals surface area contributed by atoms with Crippen molar-refractivity contribution >= 4 is 6.09 Å². The van der Waals surface area contributed by atoms with E-state index in [1.54, 1.807) is 20.8 Å². The van der Waals surface area contributed by atoms with Crippen molar-refractivity contribution in [3.05, 3.63) is 0 Å². The van der Waals surface area contributed by atoms with E-state index < -0.39 is 36.4 Å². The maximum Gasteiger partial charge on any atom is 0.410 e. The van der Waals surface area contributed by atoms with E-state index in [2.05, 4.69) is 0 Å². The fraction of sp³-hybridized carbons (Fsp3) is 0.900. The summed E-state index contributed by atoms with van der Waals surface area (Å²) in [4.78, 5) is 12.4. The van der Waals surface area contributed by atoms with E-state index in [1.165, 1.54) is 0 Å². The first kappa shape index (κ1) is 14.1. The van der Waals surface area contributed by atoms with E-state index >= 15 is 0 Å². The summed E-state index contributed by atoms with van der Waals surface area (Å²) in [5.74, 6) is -1.89. The number of amides is 1. The zero-order chi connectivity index (χ0) is 13.4. The number of aliphatic hydroxyl groups excluding tert-OH is 1. The van der Waals surface area contributed by atoms with Gasteiger partial charge in [0, 0.05) is 6.54 Å². The maximum absolute atomic E-state index is 12.4. The number of hydrogen-bond donors (Lipinski definition) is 1. The first-order valence-electron chi connectivity index (χ1n) is 5.23. The standard InChI is InChI=1S/C10H16F3NO3/c1-9(2,3)17-8(16)14-4-6(7(15)5-14)10(11,12)13/h6-7,15H,4-5H2,1-3H3/t6-,7-/m1/s1. The number of halogens is 3. The fourth-order valence-electron chi connectivity index (χ4n) is 1.58. The number of likely N-dealkylation sites (tertiary alicyclic amines) is 1. The highest BCUT2D eigenvalue weighted by molar-refractivity contribution is 5.68. The van der Waals surface area contributed by atoms with Gasteiger partial charge in [-0.25, -0.2) is 4.79 Å². The molecule has 1 fully saturated rings. The van der Waals surface area contributed by atoms with Gasteiger partial charge in [-0.2, -0.15) is 13.2 Å². The van der Waals surface area contributed by atoms with Gasteiger partial charge < -0.3 is 14.7 Å².